The second-order valence-corrected chi connectivity index (χ2v) is 5.79. The Bertz CT molecular complexity index is 708. The Balaban J connectivity index is 1.66. The van der Waals surface area contributed by atoms with Crippen LogP contribution in [0, 0.1) is 0 Å². The second-order valence-electron chi connectivity index (χ2n) is 4.89. The highest BCUT2D eigenvalue weighted by Gasteiger charge is 2.26. The van der Waals surface area contributed by atoms with E-state index >= 15 is 0 Å². The van der Waals surface area contributed by atoms with Gasteiger partial charge in [-0.15, -0.1) is 21.5 Å². The van der Waals surface area contributed by atoms with E-state index in [4.69, 9.17) is 0 Å². The van der Waals surface area contributed by atoms with E-state index in [0.717, 1.165) is 47.8 Å². The first-order valence-corrected chi connectivity index (χ1v) is 7.46. The van der Waals surface area contributed by atoms with E-state index < -0.39 is 0 Å². The zero-order chi connectivity index (χ0) is 13.4. The lowest BCUT2D eigenvalue weighted by molar-refractivity contribution is 0.490. The number of rotatable bonds is 2. The van der Waals surface area contributed by atoms with Crippen LogP contribution >= 0.6 is 11.3 Å². The number of anilines is 1. The van der Waals surface area contributed by atoms with Crippen LogP contribution in [0.4, 0.5) is 5.82 Å². The Labute approximate surface area is 119 Å². The van der Waals surface area contributed by atoms with Crippen LogP contribution in [0.1, 0.15) is 24.6 Å². The molecule has 1 fully saturated rings. The minimum absolute atomic E-state index is 0.311. The van der Waals surface area contributed by atoms with E-state index in [1.165, 1.54) is 0 Å². The molecular formula is C12H13N7S. The summed E-state index contributed by atoms with van der Waals surface area (Å²) in [5, 5.41) is 17.6. The van der Waals surface area contributed by atoms with Gasteiger partial charge in [0, 0.05) is 19.0 Å². The van der Waals surface area contributed by atoms with Crippen LogP contribution in [0.15, 0.2) is 17.8 Å². The number of nitrogens with one attached hydrogen (secondary N) is 1. The molecule has 102 valence electrons. The van der Waals surface area contributed by atoms with Gasteiger partial charge >= 0.3 is 0 Å². The normalized spacial score (nSPS) is 19.6. The van der Waals surface area contributed by atoms with Crippen molar-refractivity contribution in [2.45, 2.75) is 18.8 Å². The summed E-state index contributed by atoms with van der Waals surface area (Å²) in [6, 6.07) is 2.09. The number of aromatic amines is 1. The number of tetrazole rings is 1. The molecule has 0 bridgehead atoms. The predicted molar refractivity (Wildman–Crippen MR) is 75.8 cm³/mol. The van der Waals surface area contributed by atoms with Crippen molar-refractivity contribution in [3.63, 3.8) is 0 Å². The van der Waals surface area contributed by atoms with E-state index in [1.54, 1.807) is 17.7 Å². The molecule has 1 aliphatic rings. The molecular weight excluding hydrogens is 274 g/mol. The maximum atomic E-state index is 4.48. The van der Waals surface area contributed by atoms with Gasteiger partial charge in [0.05, 0.1) is 5.39 Å². The van der Waals surface area contributed by atoms with E-state index in [1.807, 2.05) is 0 Å². The van der Waals surface area contributed by atoms with Gasteiger partial charge in [-0.3, -0.25) is 0 Å². The van der Waals surface area contributed by atoms with Crippen molar-refractivity contribution in [1.82, 2.24) is 30.6 Å². The van der Waals surface area contributed by atoms with Crippen molar-refractivity contribution in [2.24, 2.45) is 0 Å². The molecule has 0 spiro atoms. The summed E-state index contributed by atoms with van der Waals surface area (Å²) in [4.78, 5) is 12.1. The third kappa shape index (κ3) is 1.92. The number of aromatic nitrogens is 6. The summed E-state index contributed by atoms with van der Waals surface area (Å²) in [6.07, 6.45) is 3.84. The van der Waals surface area contributed by atoms with E-state index in [9.17, 15) is 0 Å². The van der Waals surface area contributed by atoms with Crippen molar-refractivity contribution in [3.05, 3.63) is 23.6 Å². The van der Waals surface area contributed by atoms with Gasteiger partial charge in [-0.25, -0.2) is 9.97 Å². The van der Waals surface area contributed by atoms with Crippen LogP contribution in [0.25, 0.3) is 10.2 Å². The minimum atomic E-state index is 0.311. The maximum absolute atomic E-state index is 4.48. The van der Waals surface area contributed by atoms with E-state index in [2.05, 4.69) is 46.9 Å². The molecule has 1 aliphatic heterocycles. The summed E-state index contributed by atoms with van der Waals surface area (Å²) < 4.78 is 0. The van der Waals surface area contributed by atoms with Crippen molar-refractivity contribution < 1.29 is 0 Å². The number of H-pyrrole nitrogens is 1. The first-order chi connectivity index (χ1) is 9.92. The Morgan fingerprint density at radius 3 is 3.25 bits per heavy atom. The molecule has 3 aromatic rings. The number of piperidine rings is 1. The number of fused-ring (bicyclic) bond motifs is 1. The van der Waals surface area contributed by atoms with Crippen LogP contribution in [0.5, 0.6) is 0 Å². The Morgan fingerprint density at radius 2 is 2.35 bits per heavy atom. The quantitative estimate of drug-likeness (QED) is 0.770. The molecule has 8 heteroatoms. The standard InChI is InChI=1S/C12H13N7S/c1-2-8(10-15-17-18-16-10)6-19(4-1)11-9-3-5-20-12(9)14-7-13-11/h3,5,7-8H,1-2,4,6H2,(H,15,16,17,18)/t8-/m0/s1. The third-order valence-corrected chi connectivity index (χ3v) is 4.51. The van der Waals surface area contributed by atoms with Gasteiger partial charge in [-0.2, -0.15) is 5.21 Å². The SMILES string of the molecule is c1nc(N2CCC[C@H](c3nn[nH]n3)C2)c2ccsc2n1. The lowest BCUT2D eigenvalue weighted by Crippen LogP contribution is -2.35. The fraction of sp³-hybridized carbons (Fsp3) is 0.417. The van der Waals surface area contributed by atoms with E-state index in [0.29, 0.717) is 5.92 Å². The molecule has 1 saturated heterocycles. The zero-order valence-electron chi connectivity index (χ0n) is 10.7. The summed E-state index contributed by atoms with van der Waals surface area (Å²) in [6.45, 7) is 1.89. The molecule has 3 aromatic heterocycles. The topological polar surface area (TPSA) is 83.5 Å². The summed E-state index contributed by atoms with van der Waals surface area (Å²) in [7, 11) is 0. The number of hydrogen-bond acceptors (Lipinski definition) is 7. The summed E-state index contributed by atoms with van der Waals surface area (Å²) >= 11 is 1.65. The fourth-order valence-electron chi connectivity index (χ4n) is 2.75. The van der Waals surface area contributed by atoms with Crippen molar-refractivity contribution in [1.29, 1.82) is 0 Å². The van der Waals surface area contributed by atoms with Crippen LogP contribution in [0.3, 0.4) is 0 Å². The van der Waals surface area contributed by atoms with Gasteiger partial charge in [0.15, 0.2) is 5.82 Å². The molecule has 0 aliphatic carbocycles. The summed E-state index contributed by atoms with van der Waals surface area (Å²) in [5.74, 6) is 2.13. The van der Waals surface area contributed by atoms with Crippen molar-refractivity contribution in [3.8, 4) is 0 Å². The highest BCUT2D eigenvalue weighted by atomic mass is 32.1. The van der Waals surface area contributed by atoms with Crippen LogP contribution in [-0.2, 0) is 0 Å². The van der Waals surface area contributed by atoms with Crippen LogP contribution in [-0.4, -0.2) is 43.7 Å². The largest absolute Gasteiger partial charge is 0.355 e. The molecule has 4 rings (SSSR count). The molecule has 1 atom stereocenters. The van der Waals surface area contributed by atoms with E-state index in [-0.39, 0.29) is 0 Å². The first kappa shape index (κ1) is 11.7. The third-order valence-electron chi connectivity index (χ3n) is 3.69. The zero-order valence-corrected chi connectivity index (χ0v) is 11.5. The minimum Gasteiger partial charge on any atom is -0.355 e. The molecule has 1 N–H and O–H groups in total. The number of nitrogens with zero attached hydrogens (tertiary/aromatic N) is 6. The van der Waals surface area contributed by atoms with Crippen molar-refractivity contribution >= 4 is 27.4 Å². The summed E-state index contributed by atoms with van der Waals surface area (Å²) in [5.41, 5.74) is 0. The number of hydrogen-bond donors (Lipinski definition) is 1. The Morgan fingerprint density at radius 1 is 1.35 bits per heavy atom. The molecule has 0 unspecified atom stereocenters. The van der Waals surface area contributed by atoms with Gasteiger partial charge < -0.3 is 4.90 Å². The molecule has 20 heavy (non-hydrogen) atoms. The smallest absolute Gasteiger partial charge is 0.179 e. The van der Waals surface area contributed by atoms with Gasteiger partial charge in [0.1, 0.15) is 17.0 Å². The molecule has 0 aromatic carbocycles. The second kappa shape index (κ2) is 4.78. The molecule has 7 nitrogen and oxygen atoms in total. The Hall–Kier alpha value is -2.09. The molecule has 4 heterocycles. The predicted octanol–water partition coefficient (Wildman–Crippen LogP) is 1.59. The van der Waals surface area contributed by atoms with Gasteiger partial charge in [0.2, 0.25) is 0 Å². The maximum Gasteiger partial charge on any atom is 0.179 e. The average molecular weight is 287 g/mol. The van der Waals surface area contributed by atoms with Crippen LogP contribution in [0.2, 0.25) is 0 Å². The van der Waals surface area contributed by atoms with Gasteiger partial charge in [0.25, 0.3) is 0 Å². The molecule has 0 amide bonds. The molecule has 0 radical (unpaired) electrons. The van der Waals surface area contributed by atoms with Crippen molar-refractivity contribution in [2.75, 3.05) is 18.0 Å². The lowest BCUT2D eigenvalue weighted by Gasteiger charge is -2.32. The van der Waals surface area contributed by atoms with Gasteiger partial charge in [-0.05, 0) is 24.3 Å². The first-order valence-electron chi connectivity index (χ1n) is 6.58. The highest BCUT2D eigenvalue weighted by molar-refractivity contribution is 7.16. The molecule has 0 saturated carbocycles. The fourth-order valence-corrected chi connectivity index (χ4v) is 3.48. The number of thiophene rings is 1. The monoisotopic (exact) mass is 287 g/mol. The lowest BCUT2D eigenvalue weighted by atomic mass is 9.97. The average Bonchev–Trinajstić information content (AvgIpc) is 3.18. The van der Waals surface area contributed by atoms with Gasteiger partial charge in [-0.1, -0.05) is 5.21 Å². The highest BCUT2D eigenvalue weighted by Crippen LogP contribution is 2.31. The van der Waals surface area contributed by atoms with Crippen LogP contribution < -0.4 is 4.90 Å². The Kier molecular flexibility index (Phi) is 2.80.